The standard InChI is InChI=1S/C17H21N3O4S2/c1-24-16-7-6-14(26(22,23)20-12-4-5-12)9-15(16)18-11-17(21)19-10-13-3-2-8-25-13/h2-3,6-9,12,18,20H,4-5,10-11H2,1H3,(H,19,21). The van der Waals surface area contributed by atoms with Crippen LogP contribution in [0.15, 0.2) is 40.6 Å². The molecule has 7 nitrogen and oxygen atoms in total. The van der Waals surface area contributed by atoms with Gasteiger partial charge in [-0.15, -0.1) is 11.3 Å². The number of thiophene rings is 1. The number of rotatable bonds is 9. The fourth-order valence-electron chi connectivity index (χ4n) is 2.32. The molecule has 140 valence electrons. The summed E-state index contributed by atoms with van der Waals surface area (Å²) in [7, 11) is -2.07. The van der Waals surface area contributed by atoms with Crippen molar-refractivity contribution in [1.29, 1.82) is 0 Å². The third-order valence-corrected chi connectivity index (χ3v) is 6.25. The number of ether oxygens (including phenoxy) is 1. The van der Waals surface area contributed by atoms with Gasteiger partial charge in [-0.3, -0.25) is 4.79 Å². The van der Waals surface area contributed by atoms with Crippen LogP contribution in [0.2, 0.25) is 0 Å². The van der Waals surface area contributed by atoms with Crippen LogP contribution in [0, 0.1) is 0 Å². The van der Waals surface area contributed by atoms with Crippen molar-refractivity contribution in [3.05, 3.63) is 40.6 Å². The highest BCUT2D eigenvalue weighted by Crippen LogP contribution is 2.29. The minimum absolute atomic E-state index is 0.0152. The number of nitrogens with one attached hydrogen (secondary N) is 3. The summed E-state index contributed by atoms with van der Waals surface area (Å²) in [5.41, 5.74) is 0.456. The van der Waals surface area contributed by atoms with Gasteiger partial charge in [0.1, 0.15) is 5.75 Å². The predicted molar refractivity (Wildman–Crippen MR) is 101 cm³/mol. The smallest absolute Gasteiger partial charge is 0.240 e. The predicted octanol–water partition coefficient (Wildman–Crippen LogP) is 1.93. The van der Waals surface area contributed by atoms with Crippen LogP contribution in [-0.2, 0) is 21.4 Å². The van der Waals surface area contributed by atoms with Gasteiger partial charge >= 0.3 is 0 Å². The molecule has 1 aliphatic carbocycles. The van der Waals surface area contributed by atoms with Crippen LogP contribution in [0.4, 0.5) is 5.69 Å². The van der Waals surface area contributed by atoms with E-state index in [0.717, 1.165) is 17.7 Å². The third-order valence-electron chi connectivity index (χ3n) is 3.86. The topological polar surface area (TPSA) is 96.5 Å². The van der Waals surface area contributed by atoms with Gasteiger partial charge in [-0.2, -0.15) is 0 Å². The maximum absolute atomic E-state index is 12.3. The molecule has 2 aromatic rings. The molecular weight excluding hydrogens is 374 g/mol. The Hall–Kier alpha value is -2.10. The van der Waals surface area contributed by atoms with Crippen LogP contribution < -0.4 is 20.1 Å². The van der Waals surface area contributed by atoms with Crippen molar-refractivity contribution in [1.82, 2.24) is 10.0 Å². The number of hydrogen-bond donors (Lipinski definition) is 3. The van der Waals surface area contributed by atoms with Gasteiger partial charge in [-0.25, -0.2) is 13.1 Å². The van der Waals surface area contributed by atoms with Crippen LogP contribution in [0.3, 0.4) is 0 Å². The number of hydrogen-bond acceptors (Lipinski definition) is 6. The molecule has 3 N–H and O–H groups in total. The zero-order chi connectivity index (χ0) is 18.6. The average Bonchev–Trinajstić information content (AvgIpc) is 3.27. The molecule has 0 unspecified atom stereocenters. The van der Waals surface area contributed by atoms with E-state index in [9.17, 15) is 13.2 Å². The summed E-state index contributed by atoms with van der Waals surface area (Å²) in [6.07, 6.45) is 1.73. The lowest BCUT2D eigenvalue weighted by Crippen LogP contribution is -2.29. The van der Waals surface area contributed by atoms with E-state index < -0.39 is 10.0 Å². The van der Waals surface area contributed by atoms with Crippen molar-refractivity contribution < 1.29 is 17.9 Å². The number of carbonyl (C=O) groups excluding carboxylic acids is 1. The van der Waals surface area contributed by atoms with E-state index in [0.29, 0.717) is 18.0 Å². The largest absolute Gasteiger partial charge is 0.495 e. The van der Waals surface area contributed by atoms with Crippen molar-refractivity contribution in [2.24, 2.45) is 0 Å². The van der Waals surface area contributed by atoms with Crippen LogP contribution in [0.5, 0.6) is 5.75 Å². The van der Waals surface area contributed by atoms with Gasteiger partial charge in [0.05, 0.1) is 30.8 Å². The average molecular weight is 396 g/mol. The van der Waals surface area contributed by atoms with Crippen molar-refractivity contribution in [2.45, 2.75) is 30.3 Å². The molecule has 0 saturated heterocycles. The maximum Gasteiger partial charge on any atom is 0.240 e. The number of sulfonamides is 1. The Morgan fingerprint density at radius 1 is 1.31 bits per heavy atom. The lowest BCUT2D eigenvalue weighted by atomic mass is 10.3. The Morgan fingerprint density at radius 3 is 2.77 bits per heavy atom. The molecule has 1 aromatic heterocycles. The van der Waals surface area contributed by atoms with Gasteiger partial charge in [0.2, 0.25) is 15.9 Å². The Kier molecular flexibility index (Phi) is 5.80. The van der Waals surface area contributed by atoms with E-state index in [1.54, 1.807) is 17.4 Å². The van der Waals surface area contributed by atoms with Crippen LogP contribution in [-0.4, -0.2) is 34.0 Å². The molecule has 26 heavy (non-hydrogen) atoms. The molecular formula is C17H21N3O4S2. The quantitative estimate of drug-likeness (QED) is 0.603. The molecule has 0 radical (unpaired) electrons. The second kappa shape index (κ2) is 8.07. The summed E-state index contributed by atoms with van der Waals surface area (Å²) in [6.45, 7) is 0.482. The number of benzene rings is 1. The first-order valence-corrected chi connectivity index (χ1v) is 10.6. The minimum Gasteiger partial charge on any atom is -0.495 e. The summed E-state index contributed by atoms with van der Waals surface area (Å²) in [5, 5.41) is 7.71. The first kappa shape index (κ1) is 18.7. The number of methoxy groups -OCH3 is 1. The van der Waals surface area contributed by atoms with Crippen molar-refractivity contribution in [2.75, 3.05) is 19.0 Å². The van der Waals surface area contributed by atoms with Crippen molar-refractivity contribution >= 4 is 33.0 Å². The first-order chi connectivity index (χ1) is 12.5. The second-order valence-electron chi connectivity index (χ2n) is 5.97. The molecule has 1 heterocycles. The summed E-state index contributed by atoms with van der Waals surface area (Å²) in [4.78, 5) is 13.2. The molecule has 1 aromatic carbocycles. The summed E-state index contributed by atoms with van der Waals surface area (Å²) in [6, 6.07) is 8.45. The van der Waals surface area contributed by atoms with Gasteiger partial charge in [0.15, 0.2) is 0 Å². The first-order valence-electron chi connectivity index (χ1n) is 8.21. The van der Waals surface area contributed by atoms with Gasteiger partial charge in [0, 0.05) is 10.9 Å². The highest BCUT2D eigenvalue weighted by atomic mass is 32.2. The molecule has 0 aliphatic heterocycles. The fourth-order valence-corrected chi connectivity index (χ4v) is 4.29. The van der Waals surface area contributed by atoms with Crippen molar-refractivity contribution in [3.8, 4) is 5.75 Å². The van der Waals surface area contributed by atoms with E-state index >= 15 is 0 Å². The SMILES string of the molecule is COc1ccc(S(=O)(=O)NC2CC2)cc1NCC(=O)NCc1cccs1. The van der Waals surface area contributed by atoms with E-state index in [1.807, 2.05) is 17.5 Å². The molecule has 0 spiro atoms. The zero-order valence-electron chi connectivity index (χ0n) is 14.3. The number of amides is 1. The molecule has 0 bridgehead atoms. The third kappa shape index (κ3) is 4.96. The fraction of sp³-hybridized carbons (Fsp3) is 0.353. The number of carbonyl (C=O) groups is 1. The molecule has 1 fully saturated rings. The Morgan fingerprint density at radius 2 is 2.12 bits per heavy atom. The Balaban J connectivity index is 1.63. The molecule has 1 amide bonds. The number of anilines is 1. The summed E-state index contributed by atoms with van der Waals surface area (Å²) in [5.74, 6) is 0.284. The van der Waals surface area contributed by atoms with Crippen LogP contribution in [0.1, 0.15) is 17.7 Å². The maximum atomic E-state index is 12.3. The lowest BCUT2D eigenvalue weighted by molar-refractivity contribution is -0.119. The molecule has 1 saturated carbocycles. The summed E-state index contributed by atoms with van der Waals surface area (Å²) >= 11 is 1.57. The highest BCUT2D eigenvalue weighted by molar-refractivity contribution is 7.89. The zero-order valence-corrected chi connectivity index (χ0v) is 16.0. The van der Waals surface area contributed by atoms with E-state index in [1.165, 1.54) is 19.2 Å². The van der Waals surface area contributed by atoms with Gasteiger partial charge < -0.3 is 15.4 Å². The highest BCUT2D eigenvalue weighted by Gasteiger charge is 2.28. The van der Waals surface area contributed by atoms with Gasteiger partial charge in [0.25, 0.3) is 0 Å². The molecule has 3 rings (SSSR count). The van der Waals surface area contributed by atoms with Crippen LogP contribution in [0.25, 0.3) is 0 Å². The van der Waals surface area contributed by atoms with Gasteiger partial charge in [-0.05, 0) is 42.5 Å². The van der Waals surface area contributed by atoms with E-state index in [-0.39, 0.29) is 23.4 Å². The van der Waals surface area contributed by atoms with E-state index in [4.69, 9.17) is 4.74 Å². The van der Waals surface area contributed by atoms with Crippen LogP contribution >= 0.6 is 11.3 Å². The van der Waals surface area contributed by atoms with Gasteiger partial charge in [-0.1, -0.05) is 6.07 Å². The minimum atomic E-state index is -3.57. The lowest BCUT2D eigenvalue weighted by Gasteiger charge is -2.13. The molecule has 0 atom stereocenters. The Labute approximate surface area is 156 Å². The summed E-state index contributed by atoms with van der Waals surface area (Å²) < 4.78 is 32.6. The Bertz CT molecular complexity index is 862. The molecule has 9 heteroatoms. The monoisotopic (exact) mass is 395 g/mol. The van der Waals surface area contributed by atoms with Crippen molar-refractivity contribution in [3.63, 3.8) is 0 Å². The normalized spacial score (nSPS) is 14.0. The second-order valence-corrected chi connectivity index (χ2v) is 8.71. The van der Waals surface area contributed by atoms with E-state index in [2.05, 4.69) is 15.4 Å². The molecule has 1 aliphatic rings.